The van der Waals surface area contributed by atoms with E-state index in [1.54, 1.807) is 12.1 Å². The summed E-state index contributed by atoms with van der Waals surface area (Å²) in [5.41, 5.74) is -0.353. The Kier molecular flexibility index (Phi) is 2.66. The van der Waals surface area contributed by atoms with Gasteiger partial charge in [-0.05, 0) is 37.0 Å². The average Bonchev–Trinajstić information content (AvgIpc) is 3.21. The zero-order valence-electron chi connectivity index (χ0n) is 11.6. The fourth-order valence-electron chi connectivity index (χ4n) is 3.23. The number of rotatable bonds is 3. The van der Waals surface area contributed by atoms with Gasteiger partial charge in [-0.1, -0.05) is 48.5 Å². The van der Waals surface area contributed by atoms with Crippen LogP contribution >= 0.6 is 0 Å². The van der Waals surface area contributed by atoms with Gasteiger partial charge in [-0.3, -0.25) is 0 Å². The van der Waals surface area contributed by atoms with E-state index in [1.807, 2.05) is 48.5 Å². The van der Waals surface area contributed by atoms with Crippen molar-refractivity contribution in [2.45, 2.75) is 30.5 Å². The van der Waals surface area contributed by atoms with Gasteiger partial charge in [0.05, 0.1) is 0 Å². The van der Waals surface area contributed by atoms with Gasteiger partial charge < -0.3 is 9.47 Å². The van der Waals surface area contributed by atoms with Gasteiger partial charge >= 0.3 is 5.97 Å². The highest BCUT2D eigenvalue weighted by molar-refractivity contribution is 5.88. The molecule has 0 aromatic heterocycles. The second kappa shape index (κ2) is 4.43. The van der Waals surface area contributed by atoms with E-state index in [4.69, 9.17) is 9.47 Å². The lowest BCUT2D eigenvalue weighted by Gasteiger charge is -2.26. The second-order valence-corrected chi connectivity index (χ2v) is 5.70. The summed E-state index contributed by atoms with van der Waals surface area (Å²) in [6, 6.07) is 18.9. The molecule has 0 amide bonds. The molecule has 3 heteroatoms. The largest absolute Gasteiger partial charge is 0.424 e. The van der Waals surface area contributed by atoms with Crippen molar-refractivity contribution < 1.29 is 14.3 Å². The van der Waals surface area contributed by atoms with E-state index < -0.39 is 5.60 Å². The van der Waals surface area contributed by atoms with Crippen molar-refractivity contribution in [3.05, 3.63) is 66.2 Å². The van der Waals surface area contributed by atoms with Crippen LogP contribution in [0.3, 0.4) is 0 Å². The first kappa shape index (κ1) is 12.6. The van der Waals surface area contributed by atoms with Crippen molar-refractivity contribution in [1.29, 1.82) is 0 Å². The van der Waals surface area contributed by atoms with Crippen molar-refractivity contribution in [2.75, 3.05) is 0 Å². The van der Waals surface area contributed by atoms with Crippen LogP contribution in [0.2, 0.25) is 0 Å². The van der Waals surface area contributed by atoms with Gasteiger partial charge in [0.25, 0.3) is 0 Å². The predicted molar refractivity (Wildman–Crippen MR) is 77.9 cm³/mol. The SMILES string of the molecule is O=C(Oc1ccccc1)C1(c2ccccc2)OC12CCC2. The first-order chi connectivity index (χ1) is 10.3. The van der Waals surface area contributed by atoms with E-state index >= 15 is 0 Å². The minimum Gasteiger partial charge on any atom is -0.424 e. The molecule has 2 fully saturated rings. The first-order valence-electron chi connectivity index (χ1n) is 7.30. The van der Waals surface area contributed by atoms with Gasteiger partial charge in [0.1, 0.15) is 11.4 Å². The smallest absolute Gasteiger partial charge is 0.351 e. The van der Waals surface area contributed by atoms with Crippen molar-refractivity contribution >= 4 is 5.97 Å². The molecule has 21 heavy (non-hydrogen) atoms. The quantitative estimate of drug-likeness (QED) is 0.491. The number of benzene rings is 2. The van der Waals surface area contributed by atoms with Crippen LogP contribution in [0.15, 0.2) is 60.7 Å². The van der Waals surface area contributed by atoms with E-state index in [1.165, 1.54) is 0 Å². The Labute approximate surface area is 123 Å². The molecule has 1 saturated heterocycles. The molecule has 1 atom stereocenters. The monoisotopic (exact) mass is 280 g/mol. The third-order valence-corrected chi connectivity index (χ3v) is 4.53. The number of carbonyl (C=O) groups excluding carboxylic acids is 1. The molecule has 106 valence electrons. The van der Waals surface area contributed by atoms with Crippen molar-refractivity contribution in [3.63, 3.8) is 0 Å². The number of esters is 1. The van der Waals surface area contributed by atoms with Gasteiger partial charge in [0.15, 0.2) is 0 Å². The Morgan fingerprint density at radius 2 is 1.57 bits per heavy atom. The molecule has 1 spiro atoms. The van der Waals surface area contributed by atoms with E-state index in [-0.39, 0.29) is 11.6 Å². The number of carbonyl (C=O) groups is 1. The number of epoxide rings is 1. The van der Waals surface area contributed by atoms with E-state index in [2.05, 4.69) is 0 Å². The highest BCUT2D eigenvalue weighted by Crippen LogP contribution is 2.66. The van der Waals surface area contributed by atoms with Crippen LogP contribution < -0.4 is 4.74 Å². The standard InChI is InChI=1S/C18H16O3/c19-16(20-15-10-5-2-6-11-15)18(14-8-3-1-4-9-14)17(21-18)12-7-13-17/h1-6,8-11H,7,12-13H2. The van der Waals surface area contributed by atoms with Crippen LogP contribution in [0, 0.1) is 0 Å². The Morgan fingerprint density at radius 1 is 0.952 bits per heavy atom. The molecule has 0 radical (unpaired) electrons. The van der Waals surface area contributed by atoms with Gasteiger partial charge in [-0.25, -0.2) is 4.79 Å². The van der Waals surface area contributed by atoms with E-state index in [9.17, 15) is 4.79 Å². The lowest BCUT2D eigenvalue weighted by Crippen LogP contribution is -2.39. The maximum Gasteiger partial charge on any atom is 0.351 e. The summed E-state index contributed by atoms with van der Waals surface area (Å²) in [6.07, 6.45) is 2.95. The molecule has 1 aliphatic carbocycles. The molecule has 1 saturated carbocycles. The molecular formula is C18H16O3. The maximum absolute atomic E-state index is 12.8. The summed E-state index contributed by atoms with van der Waals surface area (Å²) in [5, 5.41) is 0. The maximum atomic E-state index is 12.8. The fraction of sp³-hybridized carbons (Fsp3) is 0.278. The molecule has 4 rings (SSSR count). The summed E-state index contributed by atoms with van der Waals surface area (Å²) in [6.45, 7) is 0. The molecule has 3 nitrogen and oxygen atoms in total. The minimum absolute atomic E-state index is 0.306. The van der Waals surface area contributed by atoms with Crippen LogP contribution in [0.1, 0.15) is 24.8 Å². The van der Waals surface area contributed by atoms with Gasteiger partial charge in [0, 0.05) is 0 Å². The summed E-state index contributed by atoms with van der Waals surface area (Å²) in [5.74, 6) is 0.252. The van der Waals surface area contributed by atoms with Crippen LogP contribution in [-0.2, 0) is 15.1 Å². The van der Waals surface area contributed by atoms with Crippen molar-refractivity contribution in [3.8, 4) is 5.75 Å². The van der Waals surface area contributed by atoms with E-state index in [0.717, 1.165) is 24.8 Å². The fourth-order valence-corrected chi connectivity index (χ4v) is 3.23. The highest BCUT2D eigenvalue weighted by Gasteiger charge is 2.78. The zero-order chi connectivity index (χ0) is 14.3. The first-order valence-corrected chi connectivity index (χ1v) is 7.30. The second-order valence-electron chi connectivity index (χ2n) is 5.70. The molecule has 2 aromatic carbocycles. The molecule has 2 aromatic rings. The number of para-hydroxylation sites is 1. The molecule has 1 aliphatic heterocycles. The van der Waals surface area contributed by atoms with Crippen molar-refractivity contribution in [1.82, 2.24) is 0 Å². The normalized spacial score (nSPS) is 25.1. The number of hydrogen-bond donors (Lipinski definition) is 0. The Bertz CT molecular complexity index is 661. The average molecular weight is 280 g/mol. The number of ether oxygens (including phenoxy) is 2. The molecule has 0 N–H and O–H groups in total. The lowest BCUT2D eigenvalue weighted by molar-refractivity contribution is -0.141. The summed E-state index contributed by atoms with van der Waals surface area (Å²) in [7, 11) is 0. The summed E-state index contributed by atoms with van der Waals surface area (Å²) >= 11 is 0. The van der Waals surface area contributed by atoms with Crippen molar-refractivity contribution in [2.24, 2.45) is 0 Å². The van der Waals surface area contributed by atoms with Gasteiger partial charge in [-0.15, -0.1) is 0 Å². The molecular weight excluding hydrogens is 264 g/mol. The summed E-state index contributed by atoms with van der Waals surface area (Å²) in [4.78, 5) is 12.8. The predicted octanol–water partition coefficient (Wildman–Crippen LogP) is 3.44. The topological polar surface area (TPSA) is 38.8 Å². The van der Waals surface area contributed by atoms with Crippen LogP contribution in [-0.4, -0.2) is 11.6 Å². The zero-order valence-corrected chi connectivity index (χ0v) is 11.6. The highest BCUT2D eigenvalue weighted by atomic mass is 16.7. The van der Waals surface area contributed by atoms with Gasteiger partial charge in [-0.2, -0.15) is 0 Å². The molecule has 2 aliphatic rings. The molecule has 1 unspecified atom stereocenters. The number of hydrogen-bond acceptors (Lipinski definition) is 3. The third kappa shape index (κ3) is 1.74. The summed E-state index contributed by atoms with van der Waals surface area (Å²) < 4.78 is 11.5. The minimum atomic E-state index is -0.914. The molecule has 0 bridgehead atoms. The Morgan fingerprint density at radius 3 is 2.10 bits per heavy atom. The van der Waals surface area contributed by atoms with E-state index in [0.29, 0.717) is 5.75 Å². The van der Waals surface area contributed by atoms with Crippen LogP contribution in [0.25, 0.3) is 0 Å². The lowest BCUT2D eigenvalue weighted by atomic mass is 9.73. The Hall–Kier alpha value is -2.13. The van der Waals surface area contributed by atoms with Gasteiger partial charge in [0.2, 0.25) is 5.60 Å². The Balaban J connectivity index is 1.67. The van der Waals surface area contributed by atoms with Crippen LogP contribution in [0.4, 0.5) is 0 Å². The van der Waals surface area contributed by atoms with Crippen LogP contribution in [0.5, 0.6) is 5.75 Å². The molecule has 1 heterocycles. The third-order valence-electron chi connectivity index (χ3n) is 4.53.